The largest absolute Gasteiger partial charge is 0.506 e. The summed E-state index contributed by atoms with van der Waals surface area (Å²) in [5.74, 6) is -0.295. The number of benzene rings is 1. The molecule has 0 aliphatic rings. The lowest BCUT2D eigenvalue weighted by atomic mass is 10.2. The monoisotopic (exact) mass is 314 g/mol. The molecular formula is C7H7IO4S. The van der Waals surface area contributed by atoms with Gasteiger partial charge in [-0.1, -0.05) is 6.07 Å². The van der Waals surface area contributed by atoms with Crippen molar-refractivity contribution in [2.75, 3.05) is 0 Å². The van der Waals surface area contributed by atoms with Crippen LogP contribution in [0.15, 0.2) is 23.1 Å². The molecule has 72 valence electrons. The molecule has 0 fully saturated rings. The minimum Gasteiger partial charge on any atom is -0.506 e. The predicted octanol–water partition coefficient (Wildman–Crippen LogP) is 1.76. The zero-order valence-electron chi connectivity index (χ0n) is 6.69. The third-order valence-corrected chi connectivity index (χ3v) is 3.94. The Morgan fingerprint density at radius 2 is 2.08 bits per heavy atom. The van der Waals surface area contributed by atoms with Gasteiger partial charge in [-0.05, 0) is 24.6 Å². The van der Waals surface area contributed by atoms with E-state index < -0.39 is 10.1 Å². The van der Waals surface area contributed by atoms with E-state index in [1.807, 2.05) is 0 Å². The number of phenolic OH excluding ortho intramolecular Hbond substituents is 1. The first kappa shape index (κ1) is 10.7. The van der Waals surface area contributed by atoms with Crippen molar-refractivity contribution in [2.45, 2.75) is 11.8 Å². The van der Waals surface area contributed by atoms with Gasteiger partial charge in [0, 0.05) is 0 Å². The van der Waals surface area contributed by atoms with Crippen molar-refractivity contribution in [1.29, 1.82) is 0 Å². The Morgan fingerprint density at radius 3 is 2.54 bits per heavy atom. The van der Waals surface area contributed by atoms with Crippen LogP contribution in [0.2, 0.25) is 0 Å². The molecule has 0 unspecified atom stereocenters. The van der Waals surface area contributed by atoms with Gasteiger partial charge >= 0.3 is 10.1 Å². The third-order valence-electron chi connectivity index (χ3n) is 1.47. The molecule has 0 saturated carbocycles. The molecule has 1 N–H and O–H groups in total. The molecule has 0 aliphatic heterocycles. The maximum Gasteiger partial charge on any atom is 0.309 e. The van der Waals surface area contributed by atoms with E-state index >= 15 is 0 Å². The number of phenols is 1. The van der Waals surface area contributed by atoms with Crippen LogP contribution in [0.4, 0.5) is 0 Å². The van der Waals surface area contributed by atoms with Crippen LogP contribution in [0.1, 0.15) is 5.56 Å². The first-order valence-corrected chi connectivity index (χ1v) is 5.61. The van der Waals surface area contributed by atoms with E-state index in [2.05, 4.69) is 2.51 Å². The molecule has 0 spiro atoms. The Hall–Kier alpha value is -0.340. The zero-order chi connectivity index (χ0) is 10.1. The van der Waals surface area contributed by atoms with Gasteiger partial charge in [0.05, 0.1) is 0 Å². The van der Waals surface area contributed by atoms with Crippen LogP contribution >= 0.6 is 23.0 Å². The highest BCUT2D eigenvalue weighted by Crippen LogP contribution is 2.26. The Balaban J connectivity index is 3.33. The van der Waals surface area contributed by atoms with Crippen LogP contribution < -0.4 is 0 Å². The van der Waals surface area contributed by atoms with Gasteiger partial charge in [-0.2, -0.15) is 10.9 Å². The smallest absolute Gasteiger partial charge is 0.309 e. The summed E-state index contributed by atoms with van der Waals surface area (Å²) in [5.41, 5.74) is 0.782. The molecule has 0 amide bonds. The predicted molar refractivity (Wildman–Crippen MR) is 55.1 cm³/mol. The molecule has 4 nitrogen and oxygen atoms in total. The summed E-state index contributed by atoms with van der Waals surface area (Å²) in [6.07, 6.45) is 0. The summed E-state index contributed by atoms with van der Waals surface area (Å²) in [6, 6.07) is 4.25. The van der Waals surface area contributed by atoms with Crippen molar-refractivity contribution in [2.24, 2.45) is 0 Å². The highest BCUT2D eigenvalue weighted by molar-refractivity contribution is 14.1. The van der Waals surface area contributed by atoms with Gasteiger partial charge in [-0.3, -0.25) is 0 Å². The maximum atomic E-state index is 11.1. The molecule has 1 aromatic rings. The van der Waals surface area contributed by atoms with Crippen molar-refractivity contribution in [1.82, 2.24) is 0 Å². The normalized spacial score (nSPS) is 11.5. The Labute approximate surface area is 90.4 Å². The second-order valence-corrected chi connectivity index (χ2v) is 5.04. The van der Waals surface area contributed by atoms with E-state index in [0.717, 1.165) is 5.56 Å². The third kappa shape index (κ3) is 2.32. The van der Waals surface area contributed by atoms with Crippen LogP contribution in [0, 0.1) is 6.92 Å². The number of hydrogen-bond acceptors (Lipinski definition) is 4. The van der Waals surface area contributed by atoms with Crippen molar-refractivity contribution in [3.05, 3.63) is 23.8 Å². The number of halogens is 1. The van der Waals surface area contributed by atoms with Gasteiger partial charge in [0.2, 0.25) is 0 Å². The van der Waals surface area contributed by atoms with Crippen LogP contribution in [0.5, 0.6) is 5.75 Å². The van der Waals surface area contributed by atoms with Crippen molar-refractivity contribution < 1.29 is 16.0 Å². The summed E-state index contributed by atoms with van der Waals surface area (Å²) in [7, 11) is -3.81. The van der Waals surface area contributed by atoms with Gasteiger partial charge in [0.1, 0.15) is 33.7 Å². The van der Waals surface area contributed by atoms with Crippen LogP contribution in [0.3, 0.4) is 0 Å². The first-order valence-electron chi connectivity index (χ1n) is 3.32. The Kier molecular flexibility index (Phi) is 3.14. The van der Waals surface area contributed by atoms with E-state index in [1.54, 1.807) is 13.0 Å². The van der Waals surface area contributed by atoms with Crippen LogP contribution in [-0.2, 0) is 12.6 Å². The molecule has 0 aliphatic carbocycles. The van der Waals surface area contributed by atoms with Gasteiger partial charge in [-0.25, -0.2) is 0 Å². The quantitative estimate of drug-likeness (QED) is 0.845. The fourth-order valence-electron chi connectivity index (χ4n) is 0.873. The molecule has 0 aromatic heterocycles. The standard InChI is InChI=1S/C7H7IO4S/c1-5-2-3-7(6(9)4-5)13(10,11)12-8/h2-4,9H,1H3. The molecule has 13 heavy (non-hydrogen) atoms. The summed E-state index contributed by atoms with van der Waals surface area (Å²) < 4.78 is 26.5. The van der Waals surface area contributed by atoms with Gasteiger partial charge in [-0.15, -0.1) is 0 Å². The highest BCUT2D eigenvalue weighted by atomic mass is 127. The average molecular weight is 314 g/mol. The average Bonchev–Trinajstić information content (AvgIpc) is 2.03. The summed E-state index contributed by atoms with van der Waals surface area (Å²) in [4.78, 5) is -0.215. The minimum absolute atomic E-state index is 0.215. The molecular weight excluding hydrogens is 307 g/mol. The molecule has 6 heteroatoms. The fraction of sp³-hybridized carbons (Fsp3) is 0.143. The maximum absolute atomic E-state index is 11.1. The molecule has 0 radical (unpaired) electrons. The van der Waals surface area contributed by atoms with E-state index in [9.17, 15) is 13.5 Å². The van der Waals surface area contributed by atoms with Crippen LogP contribution in [-0.4, -0.2) is 13.5 Å². The lowest BCUT2D eigenvalue weighted by molar-refractivity contribution is 0.453. The van der Waals surface area contributed by atoms with Crippen LogP contribution in [0.25, 0.3) is 0 Å². The van der Waals surface area contributed by atoms with E-state index in [-0.39, 0.29) is 10.6 Å². The summed E-state index contributed by atoms with van der Waals surface area (Å²) in [5, 5.41) is 9.30. The van der Waals surface area contributed by atoms with Gasteiger partial charge < -0.3 is 5.11 Å². The fourth-order valence-corrected chi connectivity index (χ4v) is 2.07. The lowest BCUT2D eigenvalue weighted by Gasteiger charge is -2.02. The Morgan fingerprint density at radius 1 is 1.46 bits per heavy atom. The molecule has 0 heterocycles. The van der Waals surface area contributed by atoms with Gasteiger partial charge in [0.25, 0.3) is 0 Å². The van der Waals surface area contributed by atoms with E-state index in [1.165, 1.54) is 35.1 Å². The molecule has 1 aromatic carbocycles. The molecule has 0 atom stereocenters. The molecule has 0 bridgehead atoms. The summed E-state index contributed by atoms with van der Waals surface area (Å²) in [6.45, 7) is 1.75. The first-order chi connectivity index (χ1) is 5.97. The second-order valence-electron chi connectivity index (χ2n) is 2.49. The van der Waals surface area contributed by atoms with E-state index in [0.29, 0.717) is 0 Å². The lowest BCUT2D eigenvalue weighted by Crippen LogP contribution is -1.99. The number of rotatable bonds is 2. The number of aromatic hydroxyl groups is 1. The Bertz CT molecular complexity index is 413. The van der Waals surface area contributed by atoms with Gasteiger partial charge in [0.15, 0.2) is 0 Å². The van der Waals surface area contributed by atoms with E-state index in [4.69, 9.17) is 0 Å². The number of aryl methyl sites for hydroxylation is 1. The highest BCUT2D eigenvalue weighted by Gasteiger charge is 2.18. The molecule has 0 saturated heterocycles. The van der Waals surface area contributed by atoms with Crippen molar-refractivity contribution >= 4 is 33.1 Å². The SMILES string of the molecule is Cc1ccc(S(=O)(=O)OI)c(O)c1. The second kappa shape index (κ2) is 3.81. The zero-order valence-corrected chi connectivity index (χ0v) is 9.66. The minimum atomic E-state index is -3.81. The van der Waals surface area contributed by atoms with Crippen molar-refractivity contribution in [3.8, 4) is 5.75 Å². The van der Waals surface area contributed by atoms with Crippen molar-refractivity contribution in [3.63, 3.8) is 0 Å². The topological polar surface area (TPSA) is 63.6 Å². The molecule has 1 rings (SSSR count). The number of hydrogen-bond donors (Lipinski definition) is 1. The summed E-state index contributed by atoms with van der Waals surface area (Å²) >= 11 is 1.26.